The lowest BCUT2D eigenvalue weighted by atomic mass is 10.3. The van der Waals surface area contributed by atoms with Crippen LogP contribution in [0.5, 0.6) is 0 Å². The highest BCUT2D eigenvalue weighted by Crippen LogP contribution is 2.22. The van der Waals surface area contributed by atoms with Crippen LogP contribution in [0.3, 0.4) is 0 Å². The molecule has 2 aromatic rings. The molecule has 120 valence electrons. The van der Waals surface area contributed by atoms with Crippen LogP contribution < -0.4 is 10.6 Å². The van der Waals surface area contributed by atoms with Gasteiger partial charge in [-0.15, -0.1) is 0 Å². The number of hydrogen-bond acceptors (Lipinski definition) is 3. The topological polar surface area (TPSA) is 76.8 Å². The molecule has 2 rings (SSSR count). The summed E-state index contributed by atoms with van der Waals surface area (Å²) in [6.07, 6.45) is 6.28. The average Bonchev–Trinajstić information content (AvgIpc) is 3.07. The number of nitrogens with one attached hydrogen (secondary N) is 2. The van der Waals surface area contributed by atoms with Crippen LogP contribution in [0.15, 0.2) is 18.7 Å². The average molecular weight is 304 g/mol. The van der Waals surface area contributed by atoms with Crippen molar-refractivity contribution in [2.75, 3.05) is 11.9 Å². The second-order valence-corrected chi connectivity index (χ2v) is 5.62. The zero-order valence-corrected chi connectivity index (χ0v) is 13.6. The van der Waals surface area contributed by atoms with E-state index in [1.54, 1.807) is 12.5 Å². The van der Waals surface area contributed by atoms with Crippen molar-refractivity contribution in [2.24, 2.45) is 0 Å². The molecule has 0 atom stereocenters. The van der Waals surface area contributed by atoms with Crippen molar-refractivity contribution in [1.29, 1.82) is 0 Å². The molecule has 0 fully saturated rings. The molecule has 7 nitrogen and oxygen atoms in total. The van der Waals surface area contributed by atoms with Crippen molar-refractivity contribution in [3.8, 4) is 0 Å². The number of hydrogen-bond donors (Lipinski definition) is 2. The fourth-order valence-electron chi connectivity index (χ4n) is 2.39. The molecule has 2 N–H and O–H groups in total. The normalized spacial score (nSPS) is 11.0. The molecule has 0 aliphatic rings. The summed E-state index contributed by atoms with van der Waals surface area (Å²) in [7, 11) is 0. The zero-order valence-electron chi connectivity index (χ0n) is 13.6. The number of nitrogens with zero attached hydrogens (tertiary/aromatic N) is 4. The van der Waals surface area contributed by atoms with Crippen molar-refractivity contribution in [3.63, 3.8) is 0 Å². The Bertz CT molecular complexity index is 614. The number of amides is 2. The molecule has 0 spiro atoms. The van der Waals surface area contributed by atoms with E-state index in [1.165, 1.54) is 0 Å². The molecule has 0 saturated carbocycles. The fraction of sp³-hybridized carbons (Fsp3) is 0.533. The number of aryl methyl sites for hydroxylation is 2. The quantitative estimate of drug-likeness (QED) is 0.805. The van der Waals surface area contributed by atoms with Crippen LogP contribution >= 0.6 is 0 Å². The van der Waals surface area contributed by atoms with Crippen LogP contribution in [0, 0.1) is 13.8 Å². The van der Waals surface area contributed by atoms with E-state index in [2.05, 4.69) is 34.6 Å². The molecule has 0 aliphatic heterocycles. The molecule has 22 heavy (non-hydrogen) atoms. The minimum absolute atomic E-state index is 0.194. The maximum absolute atomic E-state index is 12.0. The highest BCUT2D eigenvalue weighted by molar-refractivity contribution is 5.90. The minimum Gasteiger partial charge on any atom is -0.338 e. The third kappa shape index (κ3) is 3.87. The van der Waals surface area contributed by atoms with Crippen LogP contribution in [0.1, 0.15) is 37.7 Å². The van der Waals surface area contributed by atoms with Gasteiger partial charge in [-0.1, -0.05) is 0 Å². The van der Waals surface area contributed by atoms with Crippen LogP contribution in [-0.4, -0.2) is 31.9 Å². The van der Waals surface area contributed by atoms with Gasteiger partial charge in [-0.3, -0.25) is 4.68 Å². The van der Waals surface area contributed by atoms with Gasteiger partial charge in [0.2, 0.25) is 0 Å². The summed E-state index contributed by atoms with van der Waals surface area (Å²) in [5.74, 6) is 0. The van der Waals surface area contributed by atoms with Crippen LogP contribution in [-0.2, 0) is 6.54 Å². The number of imidazole rings is 1. The van der Waals surface area contributed by atoms with E-state index in [-0.39, 0.29) is 12.1 Å². The van der Waals surface area contributed by atoms with Crippen molar-refractivity contribution in [3.05, 3.63) is 30.1 Å². The largest absolute Gasteiger partial charge is 0.338 e. The Labute approximate surface area is 130 Å². The van der Waals surface area contributed by atoms with E-state index < -0.39 is 0 Å². The Morgan fingerprint density at radius 2 is 2.14 bits per heavy atom. The maximum atomic E-state index is 12.0. The molecule has 0 saturated heterocycles. The molecule has 0 unspecified atom stereocenters. The predicted octanol–water partition coefficient (Wildman–Crippen LogP) is 2.49. The molecule has 2 aromatic heterocycles. The van der Waals surface area contributed by atoms with Crippen molar-refractivity contribution in [2.45, 2.75) is 46.7 Å². The second kappa shape index (κ2) is 7.11. The van der Waals surface area contributed by atoms with Crippen molar-refractivity contribution in [1.82, 2.24) is 24.6 Å². The van der Waals surface area contributed by atoms with E-state index in [0.29, 0.717) is 6.54 Å². The van der Waals surface area contributed by atoms with Gasteiger partial charge in [0, 0.05) is 31.5 Å². The first kappa shape index (κ1) is 16.1. The maximum Gasteiger partial charge on any atom is 0.319 e. The van der Waals surface area contributed by atoms with E-state index in [0.717, 1.165) is 30.0 Å². The summed E-state index contributed by atoms with van der Waals surface area (Å²) in [5.41, 5.74) is 2.60. The lowest BCUT2D eigenvalue weighted by Gasteiger charge is -2.10. The highest BCUT2D eigenvalue weighted by Gasteiger charge is 2.15. The van der Waals surface area contributed by atoms with Crippen LogP contribution in [0.2, 0.25) is 0 Å². The molecule has 2 heterocycles. The molecule has 0 radical (unpaired) electrons. The Morgan fingerprint density at radius 3 is 2.73 bits per heavy atom. The summed E-state index contributed by atoms with van der Waals surface area (Å²) in [4.78, 5) is 16.0. The van der Waals surface area contributed by atoms with Gasteiger partial charge in [-0.2, -0.15) is 5.10 Å². The van der Waals surface area contributed by atoms with Gasteiger partial charge in [0.25, 0.3) is 0 Å². The lowest BCUT2D eigenvalue weighted by molar-refractivity contribution is 0.251. The first-order valence-corrected chi connectivity index (χ1v) is 7.55. The summed E-state index contributed by atoms with van der Waals surface area (Å²) < 4.78 is 3.91. The first-order valence-electron chi connectivity index (χ1n) is 7.55. The van der Waals surface area contributed by atoms with E-state index >= 15 is 0 Å². The highest BCUT2D eigenvalue weighted by atomic mass is 16.2. The molecule has 0 aliphatic carbocycles. The van der Waals surface area contributed by atoms with Crippen LogP contribution in [0.4, 0.5) is 10.5 Å². The summed E-state index contributed by atoms with van der Waals surface area (Å²) in [6, 6.07) is 0.0765. The molecule has 0 aromatic carbocycles. The third-order valence-electron chi connectivity index (χ3n) is 3.49. The van der Waals surface area contributed by atoms with E-state index in [1.807, 2.05) is 29.3 Å². The number of carbonyl (C=O) groups is 1. The van der Waals surface area contributed by atoms with Gasteiger partial charge in [0.15, 0.2) is 0 Å². The number of carbonyl (C=O) groups excluding carboxylic acids is 1. The molecule has 0 bridgehead atoms. The van der Waals surface area contributed by atoms with E-state index in [9.17, 15) is 4.79 Å². The number of anilines is 1. The number of rotatable bonds is 6. The van der Waals surface area contributed by atoms with Gasteiger partial charge in [-0.25, -0.2) is 9.78 Å². The Balaban J connectivity index is 1.82. The number of aromatic nitrogens is 4. The summed E-state index contributed by atoms with van der Waals surface area (Å²) >= 11 is 0. The second-order valence-electron chi connectivity index (χ2n) is 5.62. The minimum atomic E-state index is -0.194. The van der Waals surface area contributed by atoms with Crippen molar-refractivity contribution >= 4 is 11.7 Å². The van der Waals surface area contributed by atoms with Gasteiger partial charge >= 0.3 is 6.03 Å². The van der Waals surface area contributed by atoms with Gasteiger partial charge in [0.05, 0.1) is 23.4 Å². The summed E-state index contributed by atoms with van der Waals surface area (Å²) in [6.45, 7) is 9.46. The lowest BCUT2D eigenvalue weighted by Crippen LogP contribution is -2.30. The van der Waals surface area contributed by atoms with E-state index in [4.69, 9.17) is 0 Å². The summed E-state index contributed by atoms with van der Waals surface area (Å²) in [5, 5.41) is 10.2. The van der Waals surface area contributed by atoms with Gasteiger partial charge < -0.3 is 15.2 Å². The molecular formula is C15H24N6O. The smallest absolute Gasteiger partial charge is 0.319 e. The Kier molecular flexibility index (Phi) is 5.19. The first-order chi connectivity index (χ1) is 10.5. The Hall–Kier alpha value is -2.31. The predicted molar refractivity (Wildman–Crippen MR) is 86.0 cm³/mol. The van der Waals surface area contributed by atoms with Crippen LogP contribution in [0.25, 0.3) is 0 Å². The number of urea groups is 1. The SMILES string of the molecule is Cc1nn(C(C)C)c(C)c1NC(=O)NCCCn1ccnc1. The van der Waals surface area contributed by atoms with Crippen molar-refractivity contribution < 1.29 is 4.79 Å². The zero-order chi connectivity index (χ0) is 16.1. The molecule has 2 amide bonds. The standard InChI is InChI=1S/C15H24N6O/c1-11(2)21-13(4)14(12(3)19-21)18-15(22)17-6-5-8-20-9-7-16-10-20/h7,9-11H,5-6,8H2,1-4H3,(H2,17,18,22). The molecule has 7 heteroatoms. The fourth-order valence-corrected chi connectivity index (χ4v) is 2.39. The van der Waals surface area contributed by atoms with Gasteiger partial charge in [0.1, 0.15) is 0 Å². The Morgan fingerprint density at radius 1 is 1.36 bits per heavy atom. The monoisotopic (exact) mass is 304 g/mol. The third-order valence-corrected chi connectivity index (χ3v) is 3.49. The van der Waals surface area contributed by atoms with Gasteiger partial charge in [-0.05, 0) is 34.1 Å². The molecular weight excluding hydrogens is 280 g/mol.